The highest BCUT2D eigenvalue weighted by molar-refractivity contribution is 7.80. The van der Waals surface area contributed by atoms with Crippen molar-refractivity contribution < 1.29 is 4.74 Å². The Kier molecular flexibility index (Phi) is 4.53. The predicted octanol–water partition coefficient (Wildman–Crippen LogP) is 3.50. The molecule has 0 atom stereocenters. The topological polar surface area (TPSA) is 12.5 Å². The predicted molar refractivity (Wildman–Crippen MR) is 82.6 cm³/mol. The summed E-state index contributed by atoms with van der Waals surface area (Å²) >= 11 is 5.35. The molecule has 19 heavy (non-hydrogen) atoms. The van der Waals surface area contributed by atoms with Gasteiger partial charge >= 0.3 is 0 Å². The summed E-state index contributed by atoms with van der Waals surface area (Å²) in [7, 11) is 3.89. The van der Waals surface area contributed by atoms with Crippen LogP contribution in [0, 0.1) is 0 Å². The monoisotopic (exact) mass is 271 g/mol. The summed E-state index contributed by atoms with van der Waals surface area (Å²) in [5.74, 6) is 0.838. The molecule has 0 saturated heterocycles. The standard InChI is InChI=1S/C16H17NOS/c1-17(2)16(19)14-9-6-10-15(11-14)18-12-13-7-4-3-5-8-13/h3-11H,12H2,1-2H3. The van der Waals surface area contributed by atoms with Gasteiger partial charge < -0.3 is 9.64 Å². The van der Waals surface area contributed by atoms with Crippen LogP contribution in [0.15, 0.2) is 54.6 Å². The van der Waals surface area contributed by atoms with E-state index in [0.29, 0.717) is 6.61 Å². The van der Waals surface area contributed by atoms with Crippen molar-refractivity contribution in [1.82, 2.24) is 4.90 Å². The smallest absolute Gasteiger partial charge is 0.120 e. The SMILES string of the molecule is CN(C)C(=S)c1cccc(OCc2ccccc2)c1. The van der Waals surface area contributed by atoms with Crippen LogP contribution >= 0.6 is 12.2 Å². The zero-order valence-electron chi connectivity index (χ0n) is 11.2. The van der Waals surface area contributed by atoms with Gasteiger partial charge in [-0.05, 0) is 17.7 Å². The van der Waals surface area contributed by atoms with Crippen LogP contribution in [0.1, 0.15) is 11.1 Å². The van der Waals surface area contributed by atoms with Crippen molar-refractivity contribution in [2.45, 2.75) is 6.61 Å². The molecular formula is C16H17NOS. The lowest BCUT2D eigenvalue weighted by atomic mass is 10.2. The van der Waals surface area contributed by atoms with Crippen LogP contribution < -0.4 is 4.74 Å². The number of hydrogen-bond acceptors (Lipinski definition) is 2. The van der Waals surface area contributed by atoms with Gasteiger partial charge in [-0.25, -0.2) is 0 Å². The molecule has 3 heteroatoms. The van der Waals surface area contributed by atoms with Crippen LogP contribution in [0.3, 0.4) is 0 Å². The zero-order chi connectivity index (χ0) is 13.7. The summed E-state index contributed by atoms with van der Waals surface area (Å²) in [4.78, 5) is 2.73. The van der Waals surface area contributed by atoms with Gasteiger partial charge in [0, 0.05) is 19.7 Å². The Morgan fingerprint density at radius 2 is 1.79 bits per heavy atom. The summed E-state index contributed by atoms with van der Waals surface area (Å²) in [6, 6.07) is 18.0. The van der Waals surface area contributed by atoms with Crippen LogP contribution in [0.2, 0.25) is 0 Å². The highest BCUT2D eigenvalue weighted by Crippen LogP contribution is 2.16. The molecule has 0 aliphatic heterocycles. The third-order valence-corrected chi connectivity index (χ3v) is 3.34. The molecule has 2 aromatic carbocycles. The first-order valence-corrected chi connectivity index (χ1v) is 6.56. The van der Waals surface area contributed by atoms with Gasteiger partial charge in [0.05, 0.1) is 0 Å². The Morgan fingerprint density at radius 3 is 2.47 bits per heavy atom. The van der Waals surface area contributed by atoms with Crippen molar-refractivity contribution in [2.24, 2.45) is 0 Å². The maximum absolute atomic E-state index is 5.78. The van der Waals surface area contributed by atoms with Gasteiger partial charge in [0.15, 0.2) is 0 Å². The molecule has 2 aromatic rings. The second-order valence-corrected chi connectivity index (χ2v) is 4.89. The number of ether oxygens (including phenoxy) is 1. The van der Waals surface area contributed by atoms with Gasteiger partial charge in [-0.1, -0.05) is 54.7 Å². The number of nitrogens with zero attached hydrogens (tertiary/aromatic N) is 1. The highest BCUT2D eigenvalue weighted by atomic mass is 32.1. The Bertz CT molecular complexity index is 552. The van der Waals surface area contributed by atoms with E-state index in [0.717, 1.165) is 21.9 Å². The van der Waals surface area contributed by atoms with E-state index in [1.165, 1.54) is 0 Å². The van der Waals surface area contributed by atoms with E-state index in [4.69, 9.17) is 17.0 Å². The normalized spacial score (nSPS) is 10.0. The van der Waals surface area contributed by atoms with Crippen LogP contribution in [0.25, 0.3) is 0 Å². The molecule has 0 fully saturated rings. The van der Waals surface area contributed by atoms with Gasteiger partial charge in [-0.3, -0.25) is 0 Å². The second-order valence-electron chi connectivity index (χ2n) is 4.50. The Balaban J connectivity index is 2.05. The summed E-state index contributed by atoms with van der Waals surface area (Å²) in [6.07, 6.45) is 0. The summed E-state index contributed by atoms with van der Waals surface area (Å²) in [5.41, 5.74) is 2.16. The maximum atomic E-state index is 5.78. The molecule has 0 heterocycles. The van der Waals surface area contributed by atoms with Crippen molar-refractivity contribution in [3.8, 4) is 5.75 Å². The van der Waals surface area contributed by atoms with Crippen LogP contribution in [-0.4, -0.2) is 24.0 Å². The van der Waals surface area contributed by atoms with Crippen LogP contribution in [0.5, 0.6) is 5.75 Å². The average molecular weight is 271 g/mol. The molecule has 0 amide bonds. The second kappa shape index (κ2) is 6.34. The van der Waals surface area contributed by atoms with Gasteiger partial charge in [-0.2, -0.15) is 0 Å². The number of rotatable bonds is 4. The summed E-state index contributed by atoms with van der Waals surface area (Å²) < 4.78 is 5.78. The van der Waals surface area contributed by atoms with Gasteiger partial charge in [0.25, 0.3) is 0 Å². The molecule has 0 aromatic heterocycles. The quantitative estimate of drug-likeness (QED) is 0.790. The fraction of sp³-hybridized carbons (Fsp3) is 0.188. The minimum Gasteiger partial charge on any atom is -0.489 e. The first kappa shape index (κ1) is 13.6. The molecule has 0 aliphatic rings. The maximum Gasteiger partial charge on any atom is 0.120 e. The molecule has 0 aliphatic carbocycles. The van der Waals surface area contributed by atoms with E-state index in [-0.39, 0.29) is 0 Å². The third kappa shape index (κ3) is 3.80. The zero-order valence-corrected chi connectivity index (χ0v) is 12.0. The van der Waals surface area contributed by atoms with Crippen molar-refractivity contribution in [1.29, 1.82) is 0 Å². The molecule has 0 unspecified atom stereocenters. The Labute approximate surface area is 119 Å². The van der Waals surface area contributed by atoms with Crippen molar-refractivity contribution in [3.05, 3.63) is 65.7 Å². The fourth-order valence-corrected chi connectivity index (χ4v) is 1.84. The average Bonchev–Trinajstić information content (AvgIpc) is 2.45. The first-order chi connectivity index (χ1) is 9.16. The Morgan fingerprint density at radius 1 is 1.05 bits per heavy atom. The minimum absolute atomic E-state index is 0.568. The molecular weight excluding hydrogens is 254 g/mol. The van der Waals surface area contributed by atoms with Crippen molar-refractivity contribution >= 4 is 17.2 Å². The lowest BCUT2D eigenvalue weighted by Gasteiger charge is -2.14. The summed E-state index contributed by atoms with van der Waals surface area (Å²) in [5, 5.41) is 0. The third-order valence-electron chi connectivity index (χ3n) is 2.74. The fourth-order valence-electron chi connectivity index (χ4n) is 1.72. The van der Waals surface area contributed by atoms with Gasteiger partial charge in [0.1, 0.15) is 17.3 Å². The number of benzene rings is 2. The highest BCUT2D eigenvalue weighted by Gasteiger charge is 2.04. The van der Waals surface area contributed by atoms with E-state index >= 15 is 0 Å². The molecule has 0 spiro atoms. The summed E-state index contributed by atoms with van der Waals surface area (Å²) in [6.45, 7) is 0.568. The molecule has 0 saturated carbocycles. The van der Waals surface area contributed by atoms with Gasteiger partial charge in [0.2, 0.25) is 0 Å². The van der Waals surface area contributed by atoms with Crippen molar-refractivity contribution in [2.75, 3.05) is 14.1 Å². The first-order valence-electron chi connectivity index (χ1n) is 6.15. The van der Waals surface area contributed by atoms with E-state index in [1.54, 1.807) is 0 Å². The molecule has 0 N–H and O–H groups in total. The molecule has 0 bridgehead atoms. The van der Waals surface area contributed by atoms with Crippen LogP contribution in [0.4, 0.5) is 0 Å². The van der Waals surface area contributed by atoms with Gasteiger partial charge in [-0.15, -0.1) is 0 Å². The largest absolute Gasteiger partial charge is 0.489 e. The van der Waals surface area contributed by atoms with E-state index < -0.39 is 0 Å². The molecule has 98 valence electrons. The van der Waals surface area contributed by atoms with Crippen molar-refractivity contribution in [3.63, 3.8) is 0 Å². The number of thiocarbonyl (C=S) groups is 1. The van der Waals surface area contributed by atoms with E-state index in [9.17, 15) is 0 Å². The number of hydrogen-bond donors (Lipinski definition) is 0. The lowest BCUT2D eigenvalue weighted by molar-refractivity contribution is 0.306. The molecule has 0 radical (unpaired) electrons. The Hall–Kier alpha value is -1.87. The molecule has 2 nitrogen and oxygen atoms in total. The minimum atomic E-state index is 0.568. The van der Waals surface area contributed by atoms with Crippen LogP contribution in [-0.2, 0) is 6.61 Å². The van der Waals surface area contributed by atoms with E-state index in [1.807, 2.05) is 73.6 Å². The molecule has 2 rings (SSSR count). The van der Waals surface area contributed by atoms with E-state index in [2.05, 4.69) is 0 Å². The lowest BCUT2D eigenvalue weighted by Crippen LogP contribution is -2.20.